The van der Waals surface area contributed by atoms with Crippen molar-refractivity contribution in [3.05, 3.63) is 25.8 Å². The van der Waals surface area contributed by atoms with Gasteiger partial charge in [0.25, 0.3) is 0 Å². The van der Waals surface area contributed by atoms with E-state index in [-0.39, 0.29) is 0 Å². The lowest BCUT2D eigenvalue weighted by atomic mass is 9.98. The van der Waals surface area contributed by atoms with Crippen molar-refractivity contribution in [2.24, 2.45) is 11.3 Å². The molecule has 0 aromatic heterocycles. The second kappa shape index (κ2) is 10.5. The van der Waals surface area contributed by atoms with Crippen LogP contribution in [0.15, 0.2) is 25.8 Å². The highest BCUT2D eigenvalue weighted by atomic mass is 14.0. The summed E-state index contributed by atoms with van der Waals surface area (Å²) in [5.41, 5.74) is 0.306. The lowest BCUT2D eigenvalue weighted by Crippen LogP contribution is -1.96. The van der Waals surface area contributed by atoms with E-state index in [4.69, 9.17) is 0 Å². The van der Waals surface area contributed by atoms with Crippen LogP contribution in [-0.2, 0) is 0 Å². The highest BCUT2D eigenvalue weighted by molar-refractivity contribution is 4.82. The molecule has 0 aliphatic rings. The minimum Gasteiger partial charge on any atom is -0.106 e. The van der Waals surface area contributed by atoms with Crippen LogP contribution in [0.5, 0.6) is 0 Å². The Morgan fingerprint density at radius 3 is 1.08 bits per heavy atom. The van der Waals surface area contributed by atoms with Gasteiger partial charge < -0.3 is 0 Å². The number of hydrogen-bond donors (Lipinski definition) is 0. The molecule has 0 radical (unpaired) electrons. The average molecular weight is 170 g/mol. The molecule has 0 rings (SSSR count). The fourth-order valence-electron chi connectivity index (χ4n) is 0. The molecule has 0 nitrogen and oxygen atoms in total. The maximum atomic E-state index is 3.63. The van der Waals surface area contributed by atoms with Crippen molar-refractivity contribution >= 4 is 0 Å². The fraction of sp³-hybridized carbons (Fsp3) is 0.667. The van der Waals surface area contributed by atoms with Crippen molar-refractivity contribution in [3.8, 4) is 0 Å². The molecule has 0 atom stereocenters. The van der Waals surface area contributed by atoms with E-state index in [1.807, 2.05) is 6.08 Å². The molecule has 0 N–H and O–H groups in total. The van der Waals surface area contributed by atoms with Crippen molar-refractivity contribution in [2.45, 2.75) is 41.5 Å². The Balaban J connectivity index is -0.000000118. The number of rotatable bonds is 0. The largest absolute Gasteiger partial charge is 0.106 e. The van der Waals surface area contributed by atoms with Gasteiger partial charge in [-0.2, -0.15) is 0 Å². The normalized spacial score (nSPS) is 8.92. The van der Waals surface area contributed by atoms with Gasteiger partial charge in [0.1, 0.15) is 0 Å². The summed E-state index contributed by atoms with van der Waals surface area (Å²) in [4.78, 5) is 0. The Morgan fingerprint density at radius 2 is 1.08 bits per heavy atom. The fourth-order valence-corrected chi connectivity index (χ4v) is 0. The summed E-state index contributed by atoms with van der Waals surface area (Å²) in [6, 6.07) is 0. The Bertz CT molecular complexity index is 79.9. The Labute approximate surface area is 79.4 Å². The van der Waals surface area contributed by atoms with Gasteiger partial charge in [-0.3, -0.25) is 0 Å². The maximum absolute atomic E-state index is 3.63. The van der Waals surface area contributed by atoms with Crippen LogP contribution >= 0.6 is 0 Å². The monoisotopic (exact) mass is 170 g/mol. The topological polar surface area (TPSA) is 0 Å². The average Bonchev–Trinajstić information content (AvgIpc) is 1.90. The van der Waals surface area contributed by atoms with Crippen LogP contribution in [0, 0.1) is 11.3 Å². The van der Waals surface area contributed by atoms with Gasteiger partial charge in [-0.05, 0) is 11.3 Å². The SMILES string of the molecule is C=C.C=CC(C)(C)C.CC(C)C. The zero-order valence-corrected chi connectivity index (χ0v) is 9.78. The van der Waals surface area contributed by atoms with E-state index in [2.05, 4.69) is 61.3 Å². The molecule has 0 aliphatic heterocycles. The molecule has 0 aliphatic carbocycles. The van der Waals surface area contributed by atoms with Crippen molar-refractivity contribution in [3.63, 3.8) is 0 Å². The van der Waals surface area contributed by atoms with Crippen LogP contribution in [0.1, 0.15) is 41.5 Å². The van der Waals surface area contributed by atoms with Gasteiger partial charge in [0.2, 0.25) is 0 Å². The molecule has 0 saturated carbocycles. The molecule has 0 aromatic carbocycles. The van der Waals surface area contributed by atoms with Gasteiger partial charge in [0.05, 0.1) is 0 Å². The quantitative estimate of drug-likeness (QED) is 0.463. The summed E-state index contributed by atoms with van der Waals surface area (Å²) in [5.74, 6) is 0.833. The van der Waals surface area contributed by atoms with E-state index in [1.165, 1.54) is 0 Å². The molecular formula is C12H26. The van der Waals surface area contributed by atoms with Crippen molar-refractivity contribution in [1.29, 1.82) is 0 Å². The van der Waals surface area contributed by atoms with Crippen LogP contribution in [0.4, 0.5) is 0 Å². The second-order valence-electron chi connectivity index (χ2n) is 4.30. The molecule has 0 fully saturated rings. The minimum atomic E-state index is 0.306. The Kier molecular flexibility index (Phi) is 15.3. The van der Waals surface area contributed by atoms with Crippen LogP contribution in [0.2, 0.25) is 0 Å². The van der Waals surface area contributed by atoms with Gasteiger partial charge in [-0.1, -0.05) is 47.6 Å². The Hall–Kier alpha value is -0.520. The van der Waals surface area contributed by atoms with E-state index < -0.39 is 0 Å². The van der Waals surface area contributed by atoms with E-state index in [0.29, 0.717) is 5.41 Å². The van der Waals surface area contributed by atoms with Crippen LogP contribution in [-0.4, -0.2) is 0 Å². The van der Waals surface area contributed by atoms with Crippen LogP contribution in [0.3, 0.4) is 0 Å². The first-order chi connectivity index (χ1) is 5.29. The predicted octanol–water partition coefficient (Wildman–Crippen LogP) is 4.68. The number of allylic oxidation sites excluding steroid dienone is 1. The van der Waals surface area contributed by atoms with Crippen LogP contribution in [0.25, 0.3) is 0 Å². The van der Waals surface area contributed by atoms with Crippen LogP contribution < -0.4 is 0 Å². The summed E-state index contributed by atoms with van der Waals surface area (Å²) >= 11 is 0. The molecule has 0 bridgehead atoms. The summed E-state index contributed by atoms with van der Waals surface area (Å²) < 4.78 is 0. The molecule has 12 heavy (non-hydrogen) atoms. The molecule has 0 heterocycles. The third-order valence-corrected chi connectivity index (χ3v) is 0.612. The zero-order valence-electron chi connectivity index (χ0n) is 9.78. The highest BCUT2D eigenvalue weighted by Gasteiger charge is 1.99. The van der Waals surface area contributed by atoms with E-state index in [9.17, 15) is 0 Å². The molecule has 0 heteroatoms. The lowest BCUT2D eigenvalue weighted by Gasteiger charge is -2.08. The molecule has 0 saturated heterocycles. The first kappa shape index (κ1) is 17.5. The number of hydrogen-bond acceptors (Lipinski definition) is 0. The molecule has 74 valence electrons. The smallest absolute Gasteiger partial charge is 0.0206 e. The minimum absolute atomic E-state index is 0.306. The van der Waals surface area contributed by atoms with E-state index in [0.717, 1.165) is 5.92 Å². The summed E-state index contributed by atoms with van der Waals surface area (Å²) in [6.07, 6.45) is 1.94. The molecule has 0 amide bonds. The first-order valence-corrected chi connectivity index (χ1v) is 4.43. The molecule has 0 aromatic rings. The summed E-state index contributed by atoms with van der Waals surface area (Å²) in [5, 5.41) is 0. The van der Waals surface area contributed by atoms with Gasteiger partial charge >= 0.3 is 0 Å². The summed E-state index contributed by atoms with van der Waals surface area (Å²) in [6.45, 7) is 22.5. The van der Waals surface area contributed by atoms with Gasteiger partial charge in [0.15, 0.2) is 0 Å². The molecule has 0 unspecified atom stereocenters. The van der Waals surface area contributed by atoms with E-state index >= 15 is 0 Å². The van der Waals surface area contributed by atoms with Gasteiger partial charge in [0, 0.05) is 0 Å². The van der Waals surface area contributed by atoms with Crippen molar-refractivity contribution < 1.29 is 0 Å². The zero-order chi connectivity index (χ0) is 10.8. The van der Waals surface area contributed by atoms with Crippen molar-refractivity contribution in [2.75, 3.05) is 0 Å². The first-order valence-electron chi connectivity index (χ1n) is 4.43. The second-order valence-corrected chi connectivity index (χ2v) is 4.30. The summed E-state index contributed by atoms with van der Waals surface area (Å²) in [7, 11) is 0. The highest BCUT2D eigenvalue weighted by Crippen LogP contribution is 2.11. The maximum Gasteiger partial charge on any atom is -0.0206 e. The van der Waals surface area contributed by atoms with Crippen molar-refractivity contribution in [1.82, 2.24) is 0 Å². The predicted molar refractivity (Wildman–Crippen MR) is 61.4 cm³/mol. The molecule has 0 spiro atoms. The standard InChI is InChI=1S/C6H12.C4H10.C2H4/c1-5-6(2,3)4;1-4(2)3;1-2/h5H,1H2,2-4H3;4H,1-3H3;1-2H2. The lowest BCUT2D eigenvalue weighted by molar-refractivity contribution is 0.546. The Morgan fingerprint density at radius 1 is 1.00 bits per heavy atom. The van der Waals surface area contributed by atoms with E-state index in [1.54, 1.807) is 0 Å². The van der Waals surface area contributed by atoms with Gasteiger partial charge in [-0.15, -0.1) is 19.7 Å². The van der Waals surface area contributed by atoms with Gasteiger partial charge in [-0.25, -0.2) is 0 Å². The third kappa shape index (κ3) is 111. The third-order valence-electron chi connectivity index (χ3n) is 0.612. The molecular weight excluding hydrogens is 144 g/mol.